The van der Waals surface area contributed by atoms with E-state index in [1.54, 1.807) is 13.0 Å². The van der Waals surface area contributed by atoms with Crippen molar-refractivity contribution in [3.63, 3.8) is 0 Å². The lowest BCUT2D eigenvalue weighted by Gasteiger charge is -2.15. The average Bonchev–Trinajstić information content (AvgIpc) is 2.40. The fourth-order valence-electron chi connectivity index (χ4n) is 1.43. The number of carboxylic acids is 1. The van der Waals surface area contributed by atoms with Crippen LogP contribution >= 0.6 is 0 Å². The number of imide groups is 1. The smallest absolute Gasteiger partial charge is 0.339 e. The molecule has 0 saturated heterocycles. The van der Waals surface area contributed by atoms with Crippen molar-refractivity contribution in [3.05, 3.63) is 29.3 Å². The van der Waals surface area contributed by atoms with E-state index in [9.17, 15) is 14.4 Å². The van der Waals surface area contributed by atoms with Gasteiger partial charge in [-0.15, -0.1) is 0 Å². The van der Waals surface area contributed by atoms with Crippen LogP contribution < -0.4 is 15.4 Å². The standard InChI is InChI=1S/C13H16N2O5/c1-7-4-5-10(9(6-7)12(17)18)20-8(2)11(16)15-13(19)14-3/h4-6,8H,1-3H3,(H,17,18)(H2,14,15,16,19). The largest absolute Gasteiger partial charge is 0.480 e. The number of ether oxygens (including phenoxy) is 1. The summed E-state index contributed by atoms with van der Waals surface area (Å²) in [5.41, 5.74) is 0.724. The van der Waals surface area contributed by atoms with Gasteiger partial charge in [-0.1, -0.05) is 11.6 Å². The lowest BCUT2D eigenvalue weighted by atomic mass is 10.1. The van der Waals surface area contributed by atoms with Gasteiger partial charge in [-0.3, -0.25) is 10.1 Å². The van der Waals surface area contributed by atoms with Crippen molar-refractivity contribution in [1.82, 2.24) is 10.6 Å². The third-order valence-electron chi connectivity index (χ3n) is 2.50. The summed E-state index contributed by atoms with van der Waals surface area (Å²) in [5.74, 6) is -1.74. The molecule has 1 aromatic carbocycles. The van der Waals surface area contributed by atoms with Crippen LogP contribution in [0.5, 0.6) is 5.75 Å². The van der Waals surface area contributed by atoms with Crippen LogP contribution in [-0.2, 0) is 4.79 Å². The van der Waals surface area contributed by atoms with Crippen molar-refractivity contribution in [2.75, 3.05) is 7.05 Å². The number of benzene rings is 1. The van der Waals surface area contributed by atoms with Crippen molar-refractivity contribution in [2.24, 2.45) is 0 Å². The molecule has 0 aliphatic rings. The van der Waals surface area contributed by atoms with Gasteiger partial charge in [-0.25, -0.2) is 9.59 Å². The van der Waals surface area contributed by atoms with Crippen LogP contribution in [-0.4, -0.2) is 36.2 Å². The van der Waals surface area contributed by atoms with Crippen LogP contribution in [0, 0.1) is 6.92 Å². The summed E-state index contributed by atoms with van der Waals surface area (Å²) in [6, 6.07) is 3.93. The highest BCUT2D eigenvalue weighted by molar-refractivity contribution is 5.96. The summed E-state index contributed by atoms with van der Waals surface area (Å²) in [6.45, 7) is 3.17. The molecule has 0 aromatic heterocycles. The van der Waals surface area contributed by atoms with Crippen molar-refractivity contribution >= 4 is 17.9 Å². The minimum atomic E-state index is -1.15. The maximum Gasteiger partial charge on any atom is 0.339 e. The molecule has 0 fully saturated rings. The highest BCUT2D eigenvalue weighted by Gasteiger charge is 2.20. The Morgan fingerprint density at radius 3 is 2.50 bits per heavy atom. The van der Waals surface area contributed by atoms with E-state index in [0.717, 1.165) is 5.56 Å². The zero-order valence-corrected chi connectivity index (χ0v) is 11.4. The van der Waals surface area contributed by atoms with Gasteiger partial charge in [0, 0.05) is 7.05 Å². The molecule has 1 rings (SSSR count). The highest BCUT2D eigenvalue weighted by atomic mass is 16.5. The molecule has 0 aliphatic heterocycles. The number of urea groups is 1. The van der Waals surface area contributed by atoms with Crippen LogP contribution in [0.25, 0.3) is 0 Å². The Balaban J connectivity index is 2.85. The molecule has 0 aliphatic carbocycles. The van der Waals surface area contributed by atoms with Crippen LogP contribution in [0.4, 0.5) is 4.79 Å². The first kappa shape index (κ1) is 15.5. The fourth-order valence-corrected chi connectivity index (χ4v) is 1.43. The van der Waals surface area contributed by atoms with E-state index >= 15 is 0 Å². The molecule has 3 N–H and O–H groups in total. The fraction of sp³-hybridized carbons (Fsp3) is 0.308. The van der Waals surface area contributed by atoms with Crippen LogP contribution in [0.2, 0.25) is 0 Å². The summed E-state index contributed by atoms with van der Waals surface area (Å²) in [5, 5.41) is 13.4. The van der Waals surface area contributed by atoms with Gasteiger partial charge in [0.15, 0.2) is 6.10 Å². The minimum absolute atomic E-state index is 0.0374. The number of aromatic carboxylic acids is 1. The third kappa shape index (κ3) is 3.98. The average molecular weight is 280 g/mol. The number of hydrogen-bond acceptors (Lipinski definition) is 4. The molecule has 3 amide bonds. The van der Waals surface area contributed by atoms with E-state index in [-0.39, 0.29) is 11.3 Å². The summed E-state index contributed by atoms with van der Waals surface area (Å²) >= 11 is 0. The van der Waals surface area contributed by atoms with Crippen LogP contribution in [0.15, 0.2) is 18.2 Å². The Kier molecular flexibility index (Phi) is 5.08. The first-order valence-electron chi connectivity index (χ1n) is 5.88. The molecule has 0 spiro atoms. The number of rotatable bonds is 4. The Morgan fingerprint density at radius 1 is 1.30 bits per heavy atom. The van der Waals surface area contributed by atoms with Gasteiger partial charge in [0.1, 0.15) is 11.3 Å². The van der Waals surface area contributed by atoms with Gasteiger partial charge < -0.3 is 15.2 Å². The summed E-state index contributed by atoms with van der Waals surface area (Å²) in [7, 11) is 1.37. The maximum atomic E-state index is 11.6. The number of carbonyl (C=O) groups excluding carboxylic acids is 2. The predicted molar refractivity (Wildman–Crippen MR) is 70.8 cm³/mol. The molecule has 1 unspecified atom stereocenters. The molecule has 0 heterocycles. The van der Waals surface area contributed by atoms with Crippen molar-refractivity contribution in [2.45, 2.75) is 20.0 Å². The van der Waals surface area contributed by atoms with E-state index in [2.05, 4.69) is 5.32 Å². The minimum Gasteiger partial charge on any atom is -0.480 e. The summed E-state index contributed by atoms with van der Waals surface area (Å²) in [6.07, 6.45) is -1.01. The molecule has 1 aromatic rings. The first-order valence-corrected chi connectivity index (χ1v) is 5.88. The monoisotopic (exact) mass is 280 g/mol. The zero-order chi connectivity index (χ0) is 15.3. The first-order chi connectivity index (χ1) is 9.35. The van der Waals surface area contributed by atoms with Gasteiger partial charge in [0.05, 0.1) is 0 Å². The third-order valence-corrected chi connectivity index (χ3v) is 2.50. The Morgan fingerprint density at radius 2 is 1.95 bits per heavy atom. The molecule has 108 valence electrons. The number of aryl methyl sites for hydroxylation is 1. The van der Waals surface area contributed by atoms with Crippen LogP contribution in [0.1, 0.15) is 22.8 Å². The lowest BCUT2D eigenvalue weighted by molar-refractivity contribution is -0.126. The second kappa shape index (κ2) is 6.55. The Hall–Kier alpha value is -2.57. The molecule has 0 saturated carbocycles. The van der Waals surface area contributed by atoms with E-state index in [1.165, 1.54) is 26.1 Å². The summed E-state index contributed by atoms with van der Waals surface area (Å²) in [4.78, 5) is 33.7. The molecule has 7 nitrogen and oxygen atoms in total. The Bertz CT molecular complexity index is 542. The number of hydrogen-bond donors (Lipinski definition) is 3. The topological polar surface area (TPSA) is 105 Å². The molecule has 0 radical (unpaired) electrons. The van der Waals surface area contributed by atoms with Gasteiger partial charge in [0.25, 0.3) is 5.91 Å². The molecule has 1 atom stereocenters. The molecule has 7 heteroatoms. The van der Waals surface area contributed by atoms with E-state index in [4.69, 9.17) is 9.84 Å². The van der Waals surface area contributed by atoms with Gasteiger partial charge >= 0.3 is 12.0 Å². The number of carboxylic acid groups (broad SMARTS) is 1. The number of amides is 3. The van der Waals surface area contributed by atoms with Crippen molar-refractivity contribution in [3.8, 4) is 5.75 Å². The molecular formula is C13H16N2O5. The van der Waals surface area contributed by atoms with E-state index < -0.39 is 24.0 Å². The zero-order valence-electron chi connectivity index (χ0n) is 11.4. The number of carbonyl (C=O) groups is 3. The Labute approximate surface area is 115 Å². The highest BCUT2D eigenvalue weighted by Crippen LogP contribution is 2.21. The lowest BCUT2D eigenvalue weighted by Crippen LogP contribution is -2.44. The van der Waals surface area contributed by atoms with Gasteiger partial charge in [-0.05, 0) is 26.0 Å². The van der Waals surface area contributed by atoms with Crippen molar-refractivity contribution < 1.29 is 24.2 Å². The maximum absolute atomic E-state index is 11.6. The van der Waals surface area contributed by atoms with E-state index in [0.29, 0.717) is 0 Å². The van der Waals surface area contributed by atoms with Gasteiger partial charge in [-0.2, -0.15) is 0 Å². The predicted octanol–water partition coefficient (Wildman–Crippen LogP) is 0.916. The van der Waals surface area contributed by atoms with Crippen molar-refractivity contribution in [1.29, 1.82) is 0 Å². The van der Waals surface area contributed by atoms with Gasteiger partial charge in [0.2, 0.25) is 0 Å². The number of nitrogens with one attached hydrogen (secondary N) is 2. The van der Waals surface area contributed by atoms with E-state index in [1.807, 2.05) is 5.32 Å². The second-order valence-electron chi connectivity index (χ2n) is 4.13. The SMILES string of the molecule is CNC(=O)NC(=O)C(C)Oc1ccc(C)cc1C(=O)O. The van der Waals surface area contributed by atoms with Crippen LogP contribution in [0.3, 0.4) is 0 Å². The quantitative estimate of drug-likeness (QED) is 0.760. The molecular weight excluding hydrogens is 264 g/mol. The summed E-state index contributed by atoms with van der Waals surface area (Å²) < 4.78 is 5.30. The second-order valence-corrected chi connectivity index (χ2v) is 4.13. The normalized spacial score (nSPS) is 11.3. The molecule has 0 bridgehead atoms. The molecule has 20 heavy (non-hydrogen) atoms.